The zero-order valence-electron chi connectivity index (χ0n) is 13.0. The molecule has 0 aromatic heterocycles. The summed E-state index contributed by atoms with van der Waals surface area (Å²) in [6.45, 7) is 2.74. The first kappa shape index (κ1) is 16.6. The zero-order valence-corrected chi connectivity index (χ0v) is 13.8. The Kier molecular flexibility index (Phi) is 4.98. The topological polar surface area (TPSA) is 37.4 Å². The zero-order chi connectivity index (χ0) is 16.3. The van der Waals surface area contributed by atoms with Crippen LogP contribution in [0.1, 0.15) is 24.1 Å². The normalized spacial score (nSPS) is 13.3. The maximum atomic E-state index is 12.9. The first-order valence-electron chi connectivity index (χ1n) is 7.02. The van der Waals surface area contributed by atoms with Crippen molar-refractivity contribution >= 4 is 9.84 Å². The molecule has 0 bridgehead atoms. The molecule has 2 aromatic rings. The molecular formula is C17H20FNO2S. The van der Waals surface area contributed by atoms with Gasteiger partial charge in [0.2, 0.25) is 0 Å². The van der Waals surface area contributed by atoms with Crippen LogP contribution in [0, 0.1) is 5.82 Å². The lowest BCUT2D eigenvalue weighted by atomic mass is 10.1. The molecule has 5 heteroatoms. The molecule has 22 heavy (non-hydrogen) atoms. The SMILES string of the molecule is C[C@@H](c1ccc(S(C)(=O)=O)cc1)N(C)Cc1ccc(F)cc1. The fourth-order valence-corrected chi connectivity index (χ4v) is 2.89. The van der Waals surface area contributed by atoms with Crippen molar-refractivity contribution in [3.8, 4) is 0 Å². The highest BCUT2D eigenvalue weighted by Gasteiger charge is 2.13. The summed E-state index contributed by atoms with van der Waals surface area (Å²) in [5.74, 6) is -0.240. The van der Waals surface area contributed by atoms with E-state index in [-0.39, 0.29) is 11.9 Å². The molecular weight excluding hydrogens is 301 g/mol. The molecule has 0 N–H and O–H groups in total. The van der Waals surface area contributed by atoms with Crippen molar-refractivity contribution in [2.24, 2.45) is 0 Å². The standard InChI is InChI=1S/C17H20FNO2S/c1-13(15-6-10-17(11-7-15)22(3,20)21)19(2)12-14-4-8-16(18)9-5-14/h4-11,13H,12H2,1-3H3/t13-/m0/s1. The summed E-state index contributed by atoms with van der Waals surface area (Å²) >= 11 is 0. The Hall–Kier alpha value is -1.72. The average Bonchev–Trinajstić information content (AvgIpc) is 2.48. The van der Waals surface area contributed by atoms with Crippen LogP contribution in [-0.4, -0.2) is 26.6 Å². The second-order valence-corrected chi connectivity index (χ2v) is 7.57. The molecule has 0 amide bonds. The van der Waals surface area contributed by atoms with E-state index < -0.39 is 9.84 Å². The summed E-state index contributed by atoms with van der Waals surface area (Å²) < 4.78 is 35.9. The lowest BCUT2D eigenvalue weighted by molar-refractivity contribution is 0.253. The summed E-state index contributed by atoms with van der Waals surface area (Å²) in [6.07, 6.45) is 1.20. The fraction of sp³-hybridized carbons (Fsp3) is 0.294. The number of nitrogens with zero attached hydrogens (tertiary/aromatic N) is 1. The van der Waals surface area contributed by atoms with Gasteiger partial charge in [-0.25, -0.2) is 12.8 Å². The van der Waals surface area contributed by atoms with Gasteiger partial charge in [0.05, 0.1) is 4.90 Å². The van der Waals surface area contributed by atoms with Gasteiger partial charge in [-0.1, -0.05) is 24.3 Å². The van der Waals surface area contributed by atoms with E-state index in [0.29, 0.717) is 11.4 Å². The first-order valence-corrected chi connectivity index (χ1v) is 8.91. The van der Waals surface area contributed by atoms with Crippen LogP contribution in [0.5, 0.6) is 0 Å². The van der Waals surface area contributed by atoms with Crippen molar-refractivity contribution in [2.45, 2.75) is 24.4 Å². The highest BCUT2D eigenvalue weighted by molar-refractivity contribution is 7.90. The predicted molar refractivity (Wildman–Crippen MR) is 85.8 cm³/mol. The molecule has 0 fully saturated rings. The molecule has 0 saturated carbocycles. The minimum Gasteiger partial charge on any atom is -0.295 e. The number of hydrogen-bond acceptors (Lipinski definition) is 3. The van der Waals surface area contributed by atoms with Crippen LogP contribution >= 0.6 is 0 Å². The van der Waals surface area contributed by atoms with Crippen LogP contribution in [0.25, 0.3) is 0 Å². The fourth-order valence-electron chi connectivity index (χ4n) is 2.26. The van der Waals surface area contributed by atoms with Gasteiger partial charge in [-0.3, -0.25) is 4.90 Å². The lowest BCUT2D eigenvalue weighted by Gasteiger charge is -2.25. The van der Waals surface area contributed by atoms with Crippen molar-refractivity contribution in [2.75, 3.05) is 13.3 Å². The van der Waals surface area contributed by atoms with Crippen molar-refractivity contribution in [1.82, 2.24) is 4.90 Å². The van der Waals surface area contributed by atoms with Crippen LogP contribution < -0.4 is 0 Å². The molecule has 2 aromatic carbocycles. The largest absolute Gasteiger partial charge is 0.295 e. The first-order chi connectivity index (χ1) is 10.3. The van der Waals surface area contributed by atoms with Crippen LogP contribution in [0.15, 0.2) is 53.4 Å². The minimum atomic E-state index is -3.17. The maximum Gasteiger partial charge on any atom is 0.175 e. The third kappa shape index (κ3) is 4.15. The van der Waals surface area contributed by atoms with Gasteiger partial charge >= 0.3 is 0 Å². The lowest BCUT2D eigenvalue weighted by Crippen LogP contribution is -2.22. The molecule has 3 nitrogen and oxygen atoms in total. The second-order valence-electron chi connectivity index (χ2n) is 5.56. The number of hydrogen-bond donors (Lipinski definition) is 0. The van der Waals surface area contributed by atoms with Crippen LogP contribution in [-0.2, 0) is 16.4 Å². The Balaban J connectivity index is 2.10. The van der Waals surface area contributed by atoms with Crippen molar-refractivity contribution in [3.63, 3.8) is 0 Å². The Morgan fingerprint density at radius 3 is 2.09 bits per heavy atom. The van der Waals surface area contributed by atoms with Gasteiger partial charge in [-0.15, -0.1) is 0 Å². The Morgan fingerprint density at radius 2 is 1.59 bits per heavy atom. The number of halogens is 1. The monoisotopic (exact) mass is 321 g/mol. The Morgan fingerprint density at radius 1 is 1.05 bits per heavy atom. The van der Waals surface area contributed by atoms with Gasteiger partial charge in [-0.05, 0) is 49.4 Å². The molecule has 2 rings (SSSR count). The van der Waals surface area contributed by atoms with E-state index >= 15 is 0 Å². The molecule has 0 saturated heterocycles. The van der Waals surface area contributed by atoms with Crippen molar-refractivity contribution < 1.29 is 12.8 Å². The summed E-state index contributed by atoms with van der Waals surface area (Å²) in [4.78, 5) is 2.45. The highest BCUT2D eigenvalue weighted by Crippen LogP contribution is 2.22. The predicted octanol–water partition coefficient (Wildman–Crippen LogP) is 3.42. The van der Waals surface area contributed by atoms with Gasteiger partial charge in [0.25, 0.3) is 0 Å². The molecule has 0 radical (unpaired) electrons. The van der Waals surface area contributed by atoms with E-state index in [1.165, 1.54) is 18.4 Å². The molecule has 0 unspecified atom stereocenters. The van der Waals surface area contributed by atoms with Crippen LogP contribution in [0.2, 0.25) is 0 Å². The summed E-state index contributed by atoms with van der Waals surface area (Å²) in [5.41, 5.74) is 2.07. The van der Waals surface area contributed by atoms with Crippen LogP contribution in [0.4, 0.5) is 4.39 Å². The highest BCUT2D eigenvalue weighted by atomic mass is 32.2. The molecule has 0 heterocycles. The van der Waals surface area contributed by atoms with Crippen molar-refractivity contribution in [3.05, 3.63) is 65.5 Å². The molecule has 0 aliphatic rings. The van der Waals surface area contributed by atoms with E-state index in [1.54, 1.807) is 24.3 Å². The Bertz CT molecular complexity index is 724. The number of rotatable bonds is 5. The summed E-state index contributed by atoms with van der Waals surface area (Å²) in [7, 11) is -1.18. The molecule has 1 atom stereocenters. The van der Waals surface area contributed by atoms with Gasteiger partial charge in [0.15, 0.2) is 9.84 Å². The van der Waals surface area contributed by atoms with Gasteiger partial charge in [0.1, 0.15) is 5.82 Å². The maximum absolute atomic E-state index is 12.9. The molecule has 118 valence electrons. The third-order valence-corrected chi connectivity index (χ3v) is 4.93. The summed E-state index contributed by atoms with van der Waals surface area (Å²) in [6, 6.07) is 13.5. The van der Waals surface area contributed by atoms with Crippen LogP contribution in [0.3, 0.4) is 0 Å². The second kappa shape index (κ2) is 6.58. The molecule has 0 spiro atoms. The van der Waals surface area contributed by atoms with E-state index in [0.717, 1.165) is 11.1 Å². The van der Waals surface area contributed by atoms with E-state index in [4.69, 9.17) is 0 Å². The van der Waals surface area contributed by atoms with Gasteiger partial charge in [0, 0.05) is 18.8 Å². The Labute approximate surface area is 131 Å². The van der Waals surface area contributed by atoms with Gasteiger partial charge < -0.3 is 0 Å². The smallest absolute Gasteiger partial charge is 0.175 e. The van der Waals surface area contributed by atoms with Gasteiger partial charge in [-0.2, -0.15) is 0 Å². The van der Waals surface area contributed by atoms with E-state index in [1.807, 2.05) is 19.2 Å². The quantitative estimate of drug-likeness (QED) is 0.847. The minimum absolute atomic E-state index is 0.124. The van der Waals surface area contributed by atoms with Crippen molar-refractivity contribution in [1.29, 1.82) is 0 Å². The number of benzene rings is 2. The summed E-state index contributed by atoms with van der Waals surface area (Å²) in [5, 5.41) is 0. The van der Waals surface area contributed by atoms with E-state index in [2.05, 4.69) is 11.8 Å². The third-order valence-electron chi connectivity index (χ3n) is 3.80. The average molecular weight is 321 g/mol. The molecule has 0 aliphatic heterocycles. The van der Waals surface area contributed by atoms with E-state index in [9.17, 15) is 12.8 Å². The number of sulfone groups is 1. The molecule has 0 aliphatic carbocycles.